The summed E-state index contributed by atoms with van der Waals surface area (Å²) in [6, 6.07) is 5.70. The van der Waals surface area contributed by atoms with Gasteiger partial charge in [0.15, 0.2) is 5.78 Å². The molecule has 3 aromatic heterocycles. The van der Waals surface area contributed by atoms with Crippen LogP contribution in [0, 0.1) is 6.92 Å². The molecule has 0 aromatic carbocycles. The zero-order valence-corrected chi connectivity index (χ0v) is 12.9. The highest BCUT2D eigenvalue weighted by Gasteiger charge is 2.24. The maximum Gasteiger partial charge on any atom is 0.341 e. The lowest BCUT2D eigenvalue weighted by Crippen LogP contribution is -2.04. The zero-order valence-electron chi connectivity index (χ0n) is 12.1. The van der Waals surface area contributed by atoms with Crippen LogP contribution in [0.3, 0.4) is 0 Å². The van der Waals surface area contributed by atoms with E-state index in [4.69, 9.17) is 4.74 Å². The van der Waals surface area contributed by atoms with Crippen LogP contribution in [0.1, 0.15) is 39.4 Å². The number of Topliss-reactive ketones (excluding diaryl/α,β-unsaturated/α-hetero) is 1. The Morgan fingerprint density at radius 3 is 2.76 bits per heavy atom. The first-order valence-corrected chi connectivity index (χ1v) is 7.58. The minimum Gasteiger partial charge on any atom is -0.462 e. The first-order chi connectivity index (χ1) is 10.1. The highest BCUT2D eigenvalue weighted by Crippen LogP contribution is 2.37. The minimum atomic E-state index is -0.340. The first-order valence-electron chi connectivity index (χ1n) is 6.76. The number of aromatic nitrogens is 1. The van der Waals surface area contributed by atoms with Gasteiger partial charge in [0.2, 0.25) is 0 Å². The van der Waals surface area contributed by atoms with E-state index in [1.54, 1.807) is 13.8 Å². The van der Waals surface area contributed by atoms with E-state index >= 15 is 0 Å². The fourth-order valence-corrected chi connectivity index (χ4v) is 3.89. The lowest BCUT2D eigenvalue weighted by Gasteiger charge is -2.01. The van der Waals surface area contributed by atoms with Crippen molar-refractivity contribution in [2.24, 2.45) is 0 Å². The van der Waals surface area contributed by atoms with Crippen molar-refractivity contribution in [2.75, 3.05) is 6.61 Å². The van der Waals surface area contributed by atoms with Gasteiger partial charge in [-0.05, 0) is 38.5 Å². The van der Waals surface area contributed by atoms with Gasteiger partial charge in [-0.2, -0.15) is 0 Å². The molecule has 0 radical (unpaired) electrons. The normalized spacial score (nSPS) is 11.2. The Kier molecular flexibility index (Phi) is 3.29. The predicted octanol–water partition coefficient (Wildman–Crippen LogP) is 3.84. The third-order valence-corrected chi connectivity index (χ3v) is 4.90. The van der Waals surface area contributed by atoms with Gasteiger partial charge in [-0.25, -0.2) is 4.79 Å². The molecule has 3 rings (SSSR count). The topological polar surface area (TPSA) is 47.8 Å². The quantitative estimate of drug-likeness (QED) is 0.545. The Morgan fingerprint density at radius 1 is 1.33 bits per heavy atom. The highest BCUT2D eigenvalue weighted by molar-refractivity contribution is 7.21. The summed E-state index contributed by atoms with van der Waals surface area (Å²) in [5.74, 6) is -0.319. The third-order valence-electron chi connectivity index (χ3n) is 3.50. The summed E-state index contributed by atoms with van der Waals surface area (Å²) in [6.45, 7) is 5.58. The number of hydrogen-bond acceptors (Lipinski definition) is 4. The van der Waals surface area contributed by atoms with Crippen LogP contribution in [0.4, 0.5) is 0 Å². The van der Waals surface area contributed by atoms with Crippen molar-refractivity contribution in [3.63, 3.8) is 0 Å². The number of thiophene rings is 1. The van der Waals surface area contributed by atoms with E-state index in [-0.39, 0.29) is 11.8 Å². The predicted molar refractivity (Wildman–Crippen MR) is 83.5 cm³/mol. The monoisotopic (exact) mass is 301 g/mol. The molecule has 21 heavy (non-hydrogen) atoms. The molecule has 3 heterocycles. The molecule has 5 heteroatoms. The van der Waals surface area contributed by atoms with E-state index in [1.807, 2.05) is 35.7 Å². The molecule has 0 aliphatic carbocycles. The van der Waals surface area contributed by atoms with Gasteiger partial charge in [0.1, 0.15) is 5.56 Å². The first kappa shape index (κ1) is 13.8. The average Bonchev–Trinajstić information content (AvgIpc) is 2.94. The van der Waals surface area contributed by atoms with Crippen molar-refractivity contribution >= 4 is 38.8 Å². The largest absolute Gasteiger partial charge is 0.462 e. The number of carbonyl (C=O) groups excluding carboxylic acids is 2. The van der Waals surface area contributed by atoms with Crippen LogP contribution in [-0.2, 0) is 4.74 Å². The van der Waals surface area contributed by atoms with Crippen LogP contribution in [0.15, 0.2) is 24.4 Å². The second-order valence-corrected chi connectivity index (χ2v) is 5.86. The van der Waals surface area contributed by atoms with Gasteiger partial charge in [0.25, 0.3) is 0 Å². The molecule has 108 valence electrons. The summed E-state index contributed by atoms with van der Waals surface area (Å²) in [5, 5.41) is 0. The SMILES string of the molecule is CCOC(=O)c1c2sc(C(C)=O)c(C)c2n2ccccc12. The van der Waals surface area contributed by atoms with Crippen molar-refractivity contribution in [1.29, 1.82) is 0 Å². The van der Waals surface area contributed by atoms with E-state index in [0.717, 1.165) is 21.3 Å². The Balaban J connectivity index is 2.44. The molecule has 0 N–H and O–H groups in total. The second kappa shape index (κ2) is 5.00. The average molecular weight is 301 g/mol. The van der Waals surface area contributed by atoms with Gasteiger partial charge in [0.05, 0.1) is 27.2 Å². The Labute approximate surface area is 125 Å². The van der Waals surface area contributed by atoms with Crippen LogP contribution in [-0.4, -0.2) is 22.8 Å². The highest BCUT2D eigenvalue weighted by atomic mass is 32.1. The number of rotatable bonds is 3. The zero-order chi connectivity index (χ0) is 15.1. The molecular weight excluding hydrogens is 286 g/mol. The summed E-state index contributed by atoms with van der Waals surface area (Å²) in [4.78, 5) is 24.8. The molecule has 0 fully saturated rings. The standard InChI is InChI=1S/C16H15NO3S/c1-4-20-16(19)12-11-7-5-6-8-17(11)13-9(2)14(10(3)18)21-15(12)13/h5-8H,4H2,1-3H3. The summed E-state index contributed by atoms with van der Waals surface area (Å²) in [5.41, 5.74) is 3.20. The number of aryl methyl sites for hydroxylation is 1. The summed E-state index contributed by atoms with van der Waals surface area (Å²) in [7, 11) is 0. The van der Waals surface area contributed by atoms with Crippen LogP contribution >= 0.6 is 11.3 Å². The van der Waals surface area contributed by atoms with E-state index in [1.165, 1.54) is 11.3 Å². The number of ether oxygens (including phenoxy) is 1. The molecule has 0 spiro atoms. The smallest absolute Gasteiger partial charge is 0.341 e. The second-order valence-electron chi connectivity index (χ2n) is 4.84. The summed E-state index contributed by atoms with van der Waals surface area (Å²) < 4.78 is 7.96. The van der Waals surface area contributed by atoms with Crippen molar-refractivity contribution < 1.29 is 14.3 Å². The van der Waals surface area contributed by atoms with E-state index < -0.39 is 0 Å². The molecule has 0 atom stereocenters. The van der Waals surface area contributed by atoms with Crippen LogP contribution in [0.2, 0.25) is 0 Å². The summed E-state index contributed by atoms with van der Waals surface area (Å²) >= 11 is 1.37. The number of ketones is 1. The van der Waals surface area contributed by atoms with Gasteiger partial charge < -0.3 is 9.14 Å². The Hall–Kier alpha value is -2.14. The molecule has 3 aromatic rings. The Bertz CT molecular complexity index is 873. The minimum absolute atomic E-state index is 0.0215. The van der Waals surface area contributed by atoms with Gasteiger partial charge in [-0.3, -0.25) is 4.79 Å². The maximum absolute atomic E-state index is 12.3. The van der Waals surface area contributed by atoms with Crippen LogP contribution < -0.4 is 0 Å². The molecule has 0 aliphatic heterocycles. The van der Waals surface area contributed by atoms with E-state index in [2.05, 4.69) is 0 Å². The number of carbonyl (C=O) groups is 2. The number of nitrogens with zero attached hydrogens (tertiary/aromatic N) is 1. The number of esters is 1. The Morgan fingerprint density at radius 2 is 2.10 bits per heavy atom. The van der Waals surface area contributed by atoms with Crippen molar-refractivity contribution in [2.45, 2.75) is 20.8 Å². The molecule has 0 unspecified atom stereocenters. The maximum atomic E-state index is 12.3. The van der Waals surface area contributed by atoms with Crippen LogP contribution in [0.5, 0.6) is 0 Å². The lowest BCUT2D eigenvalue weighted by atomic mass is 10.2. The fourth-order valence-electron chi connectivity index (χ4n) is 2.66. The number of pyridine rings is 1. The van der Waals surface area contributed by atoms with E-state index in [0.29, 0.717) is 17.0 Å². The van der Waals surface area contributed by atoms with Gasteiger partial charge in [-0.15, -0.1) is 11.3 Å². The molecule has 0 saturated carbocycles. The van der Waals surface area contributed by atoms with Crippen molar-refractivity contribution in [3.8, 4) is 0 Å². The molecule has 0 amide bonds. The molecule has 0 saturated heterocycles. The van der Waals surface area contributed by atoms with Crippen molar-refractivity contribution in [1.82, 2.24) is 4.40 Å². The molecule has 0 aliphatic rings. The van der Waals surface area contributed by atoms with E-state index in [9.17, 15) is 9.59 Å². The molecule has 0 bridgehead atoms. The van der Waals surface area contributed by atoms with Gasteiger partial charge in [0, 0.05) is 6.20 Å². The number of fused-ring (bicyclic) bond motifs is 3. The van der Waals surface area contributed by atoms with Gasteiger partial charge >= 0.3 is 5.97 Å². The fraction of sp³-hybridized carbons (Fsp3) is 0.250. The lowest BCUT2D eigenvalue weighted by molar-refractivity contribution is 0.0531. The van der Waals surface area contributed by atoms with Crippen molar-refractivity contribution in [3.05, 3.63) is 40.4 Å². The number of hydrogen-bond donors (Lipinski definition) is 0. The third kappa shape index (κ3) is 1.96. The summed E-state index contributed by atoms with van der Waals surface area (Å²) in [6.07, 6.45) is 1.91. The molecular formula is C16H15NO3S. The van der Waals surface area contributed by atoms with Crippen LogP contribution in [0.25, 0.3) is 15.7 Å². The van der Waals surface area contributed by atoms with Gasteiger partial charge in [-0.1, -0.05) is 6.07 Å². The molecule has 4 nitrogen and oxygen atoms in total.